The van der Waals surface area contributed by atoms with Crippen LogP contribution in [0.2, 0.25) is 0 Å². The highest BCUT2D eigenvalue weighted by Gasteiger charge is 2.22. The Morgan fingerprint density at radius 3 is 2.38 bits per heavy atom. The summed E-state index contributed by atoms with van der Waals surface area (Å²) in [6.07, 6.45) is 1.53. The lowest BCUT2D eigenvalue weighted by atomic mass is 10.2. The third kappa shape index (κ3) is 3.75. The zero-order valence-corrected chi connectivity index (χ0v) is 16.8. The van der Waals surface area contributed by atoms with E-state index < -0.39 is 5.97 Å². The molecule has 0 spiro atoms. The molecule has 0 fully saturated rings. The summed E-state index contributed by atoms with van der Waals surface area (Å²) in [6, 6.07) is 11.4. The highest BCUT2D eigenvalue weighted by Crippen LogP contribution is 2.28. The number of carbonyl (C=O) groups excluding carboxylic acids is 1. The number of nitrogen functional groups attached to an aromatic ring is 1. The maximum atomic E-state index is 12.2. The minimum atomic E-state index is -0.605. The number of rotatable bonds is 5. The average Bonchev–Trinajstić information content (AvgIpc) is 3.04. The van der Waals surface area contributed by atoms with E-state index in [1.165, 1.54) is 13.3 Å². The Kier molecular flexibility index (Phi) is 5.50. The van der Waals surface area contributed by atoms with Gasteiger partial charge in [0.05, 0.1) is 18.4 Å². The van der Waals surface area contributed by atoms with Gasteiger partial charge in [0.25, 0.3) is 0 Å². The number of ether oxygens (including phenoxy) is 1. The van der Waals surface area contributed by atoms with Crippen molar-refractivity contribution in [3.05, 3.63) is 59.2 Å². The molecule has 148 valence electrons. The van der Waals surface area contributed by atoms with E-state index >= 15 is 0 Å². The van der Waals surface area contributed by atoms with Gasteiger partial charge in [-0.3, -0.25) is 0 Å². The van der Waals surface area contributed by atoms with Crippen LogP contribution in [-0.2, 0) is 4.74 Å². The van der Waals surface area contributed by atoms with Crippen LogP contribution in [0.1, 0.15) is 34.4 Å². The van der Waals surface area contributed by atoms with Gasteiger partial charge >= 0.3 is 5.97 Å². The van der Waals surface area contributed by atoms with Gasteiger partial charge in [-0.15, -0.1) is 0 Å². The van der Waals surface area contributed by atoms with Crippen LogP contribution >= 0.6 is 0 Å². The number of anilines is 3. The van der Waals surface area contributed by atoms with Gasteiger partial charge < -0.3 is 19.9 Å². The zero-order valence-electron chi connectivity index (χ0n) is 16.8. The molecule has 3 aromatic rings. The number of esters is 1. The number of methoxy groups -OCH3 is 1. The average molecular weight is 390 g/mol. The number of nitrogens with two attached hydrogens (primary N) is 1. The largest absolute Gasteiger partial charge is 0.464 e. The predicted octanol–water partition coefficient (Wildman–Crippen LogP) is 3.28. The van der Waals surface area contributed by atoms with Crippen LogP contribution in [0.15, 0.2) is 36.5 Å². The van der Waals surface area contributed by atoms with E-state index in [9.17, 15) is 10.1 Å². The van der Waals surface area contributed by atoms with Gasteiger partial charge in [0, 0.05) is 35.5 Å². The SMILES string of the molecule is CCN(c1ccc(-n2cc(C#N)c(N)c2C(=O)OC)cc1)c1nc(C)cc(C)n1. The lowest BCUT2D eigenvalue weighted by Gasteiger charge is -2.22. The second-order valence-corrected chi connectivity index (χ2v) is 6.49. The van der Waals surface area contributed by atoms with Gasteiger partial charge in [0.2, 0.25) is 5.95 Å². The third-order valence-electron chi connectivity index (χ3n) is 4.51. The number of hydrogen-bond acceptors (Lipinski definition) is 7. The molecule has 0 saturated heterocycles. The second-order valence-electron chi connectivity index (χ2n) is 6.49. The van der Waals surface area contributed by atoms with Crippen molar-refractivity contribution in [2.75, 3.05) is 24.3 Å². The van der Waals surface area contributed by atoms with Gasteiger partial charge in [0.1, 0.15) is 6.07 Å². The minimum absolute atomic E-state index is 0.0993. The van der Waals surface area contributed by atoms with E-state index in [1.807, 2.05) is 62.1 Å². The van der Waals surface area contributed by atoms with E-state index in [4.69, 9.17) is 10.5 Å². The number of nitrogens with zero attached hydrogens (tertiary/aromatic N) is 5. The Hall–Kier alpha value is -3.86. The summed E-state index contributed by atoms with van der Waals surface area (Å²) in [4.78, 5) is 23.2. The maximum absolute atomic E-state index is 12.2. The molecule has 8 heteroatoms. The molecule has 0 radical (unpaired) electrons. The van der Waals surface area contributed by atoms with Crippen LogP contribution in [0.3, 0.4) is 0 Å². The number of benzene rings is 1. The maximum Gasteiger partial charge on any atom is 0.357 e. The van der Waals surface area contributed by atoms with Crippen molar-refractivity contribution in [3.63, 3.8) is 0 Å². The minimum Gasteiger partial charge on any atom is -0.464 e. The molecule has 0 atom stereocenters. The molecule has 8 nitrogen and oxygen atoms in total. The topological polar surface area (TPSA) is 110 Å². The molecular formula is C21H22N6O2. The molecule has 29 heavy (non-hydrogen) atoms. The van der Waals surface area contributed by atoms with Crippen molar-refractivity contribution >= 4 is 23.3 Å². The molecule has 2 aromatic heterocycles. The molecule has 1 aromatic carbocycles. The monoisotopic (exact) mass is 390 g/mol. The predicted molar refractivity (Wildman–Crippen MR) is 110 cm³/mol. The van der Waals surface area contributed by atoms with E-state index in [2.05, 4.69) is 9.97 Å². The van der Waals surface area contributed by atoms with Gasteiger partial charge in [0.15, 0.2) is 5.69 Å². The summed E-state index contributed by atoms with van der Waals surface area (Å²) < 4.78 is 6.39. The summed E-state index contributed by atoms with van der Waals surface area (Å²) in [5.41, 5.74) is 9.79. The second kappa shape index (κ2) is 8.02. The smallest absolute Gasteiger partial charge is 0.357 e. The van der Waals surface area contributed by atoms with Crippen molar-refractivity contribution in [3.8, 4) is 11.8 Å². The Balaban J connectivity index is 2.03. The Bertz CT molecular complexity index is 1080. The van der Waals surface area contributed by atoms with E-state index in [-0.39, 0.29) is 16.9 Å². The van der Waals surface area contributed by atoms with Crippen LogP contribution in [-0.4, -0.2) is 34.2 Å². The van der Waals surface area contributed by atoms with Crippen LogP contribution in [0.5, 0.6) is 0 Å². The van der Waals surface area contributed by atoms with Crippen LogP contribution in [0, 0.1) is 25.2 Å². The summed E-state index contributed by atoms with van der Waals surface area (Å²) in [5, 5.41) is 9.26. The fourth-order valence-electron chi connectivity index (χ4n) is 3.18. The Morgan fingerprint density at radius 1 is 1.24 bits per heavy atom. The Morgan fingerprint density at radius 2 is 1.86 bits per heavy atom. The number of hydrogen-bond donors (Lipinski definition) is 1. The standard InChI is InChI=1S/C21H22N6O2/c1-5-26(21-24-13(2)10-14(3)25-21)16-6-8-17(9-7-16)27-12-15(11-22)18(23)19(27)20(28)29-4/h6-10,12H,5,23H2,1-4H3. The molecular weight excluding hydrogens is 368 g/mol. The molecule has 2 heterocycles. The van der Waals surface area contributed by atoms with Crippen molar-refractivity contribution in [1.82, 2.24) is 14.5 Å². The van der Waals surface area contributed by atoms with Crippen LogP contribution in [0.4, 0.5) is 17.3 Å². The first-order valence-electron chi connectivity index (χ1n) is 9.09. The molecule has 0 bridgehead atoms. The first kappa shape index (κ1) is 19.9. The summed E-state index contributed by atoms with van der Waals surface area (Å²) in [7, 11) is 1.28. The van der Waals surface area contributed by atoms with Gasteiger partial charge in [-0.25, -0.2) is 14.8 Å². The normalized spacial score (nSPS) is 10.4. The lowest BCUT2D eigenvalue weighted by molar-refractivity contribution is 0.0593. The highest BCUT2D eigenvalue weighted by molar-refractivity contribution is 5.96. The van der Waals surface area contributed by atoms with Gasteiger partial charge in [-0.2, -0.15) is 5.26 Å². The van der Waals surface area contributed by atoms with E-state index in [1.54, 1.807) is 4.57 Å². The molecule has 0 unspecified atom stereocenters. The molecule has 0 aliphatic carbocycles. The van der Waals surface area contributed by atoms with Crippen molar-refractivity contribution in [2.24, 2.45) is 0 Å². The van der Waals surface area contributed by atoms with Crippen molar-refractivity contribution in [1.29, 1.82) is 5.26 Å². The highest BCUT2D eigenvalue weighted by atomic mass is 16.5. The van der Waals surface area contributed by atoms with Gasteiger partial charge in [-0.05, 0) is 51.1 Å². The molecule has 0 aliphatic rings. The summed E-state index contributed by atoms with van der Waals surface area (Å²) >= 11 is 0. The molecule has 0 saturated carbocycles. The molecule has 2 N–H and O–H groups in total. The van der Waals surface area contributed by atoms with Crippen LogP contribution in [0.25, 0.3) is 5.69 Å². The fourth-order valence-corrected chi connectivity index (χ4v) is 3.18. The lowest BCUT2D eigenvalue weighted by Crippen LogP contribution is -2.19. The first-order chi connectivity index (χ1) is 13.9. The molecule has 3 rings (SSSR count). The number of aryl methyl sites for hydroxylation is 2. The van der Waals surface area contributed by atoms with Crippen LogP contribution < -0.4 is 10.6 Å². The molecule has 0 aliphatic heterocycles. The number of nitriles is 1. The molecule has 0 amide bonds. The zero-order chi connectivity index (χ0) is 21.1. The summed E-state index contributed by atoms with van der Waals surface area (Å²) in [6.45, 7) is 6.58. The Labute approximate surface area is 169 Å². The third-order valence-corrected chi connectivity index (χ3v) is 4.51. The number of aromatic nitrogens is 3. The quantitative estimate of drug-likeness (QED) is 0.666. The van der Waals surface area contributed by atoms with Crippen molar-refractivity contribution < 1.29 is 9.53 Å². The van der Waals surface area contributed by atoms with Crippen molar-refractivity contribution in [2.45, 2.75) is 20.8 Å². The fraction of sp³-hybridized carbons (Fsp3) is 0.238. The summed E-state index contributed by atoms with van der Waals surface area (Å²) in [5.74, 6) is 0.0249. The van der Waals surface area contributed by atoms with Gasteiger partial charge in [-0.1, -0.05) is 0 Å². The first-order valence-corrected chi connectivity index (χ1v) is 9.09. The number of carbonyl (C=O) groups is 1. The van der Waals surface area contributed by atoms with E-state index in [0.29, 0.717) is 18.2 Å². The van der Waals surface area contributed by atoms with E-state index in [0.717, 1.165) is 17.1 Å².